The maximum absolute atomic E-state index is 12.6. The monoisotopic (exact) mass is 400 g/mol. The highest BCUT2D eigenvalue weighted by Crippen LogP contribution is 2.45. The lowest BCUT2D eigenvalue weighted by Crippen LogP contribution is -2.35. The predicted molar refractivity (Wildman–Crippen MR) is 117 cm³/mol. The van der Waals surface area contributed by atoms with Gasteiger partial charge in [-0.05, 0) is 23.6 Å². The number of hydrogen-bond donors (Lipinski definition) is 0. The van der Waals surface area contributed by atoms with Gasteiger partial charge >= 0.3 is 0 Å². The summed E-state index contributed by atoms with van der Waals surface area (Å²) in [5.74, 6) is 1.30. The zero-order chi connectivity index (χ0) is 20.5. The van der Waals surface area contributed by atoms with Gasteiger partial charge in [0.05, 0.1) is 17.9 Å². The summed E-state index contributed by atoms with van der Waals surface area (Å²) in [7, 11) is 0. The predicted octanol–water partition coefficient (Wildman–Crippen LogP) is 3.91. The summed E-state index contributed by atoms with van der Waals surface area (Å²) in [6.45, 7) is 5.81. The molecule has 0 unspecified atom stereocenters. The second-order valence-corrected chi connectivity index (χ2v) is 8.50. The summed E-state index contributed by atoms with van der Waals surface area (Å²) >= 11 is 0. The Morgan fingerprint density at radius 2 is 1.73 bits per heavy atom. The molecule has 0 aliphatic carbocycles. The lowest BCUT2D eigenvalue weighted by molar-refractivity contribution is -0.132. The van der Waals surface area contributed by atoms with Crippen LogP contribution in [0.4, 0.5) is 0 Å². The molecule has 1 amide bonds. The van der Waals surface area contributed by atoms with Crippen molar-refractivity contribution < 1.29 is 4.79 Å². The highest BCUT2D eigenvalue weighted by atomic mass is 16.2. The molecule has 3 aromatic rings. The minimum atomic E-state index is 0.195. The smallest absolute Gasteiger partial charge is 0.222 e. The minimum Gasteiger partial charge on any atom is -0.335 e. The molecule has 2 aliphatic rings. The fourth-order valence-corrected chi connectivity index (χ4v) is 5.23. The number of carbonyl (C=O) groups excluding carboxylic acids is 1. The van der Waals surface area contributed by atoms with Crippen molar-refractivity contribution in [3.05, 3.63) is 84.2 Å². The largest absolute Gasteiger partial charge is 0.335 e. The number of nitrogens with zero attached hydrogens (tertiary/aromatic N) is 4. The Morgan fingerprint density at radius 3 is 2.47 bits per heavy atom. The Morgan fingerprint density at radius 1 is 1.00 bits per heavy atom. The normalized spacial score (nSPS) is 23.6. The first kappa shape index (κ1) is 19.1. The van der Waals surface area contributed by atoms with Crippen molar-refractivity contribution in [1.82, 2.24) is 19.6 Å². The molecule has 5 nitrogen and oxygen atoms in total. The third kappa shape index (κ3) is 3.54. The summed E-state index contributed by atoms with van der Waals surface area (Å²) in [5.41, 5.74) is 3.59. The van der Waals surface area contributed by atoms with Gasteiger partial charge in [0, 0.05) is 50.3 Å². The maximum Gasteiger partial charge on any atom is 0.222 e. The molecule has 0 spiro atoms. The number of amides is 1. The number of benzene rings is 2. The number of carbonyl (C=O) groups is 1. The standard InChI is InChI=1S/C25H28N4O/c1-2-24(30)28-17-21-16-27(18-23(21)25(28)20-9-5-3-6-10-20)14-19-13-26-29(15-19)22-11-7-4-8-12-22/h3-13,15,21,23,25H,2,14,16-18H2,1H3/t21-,23-,25+/m0/s1. The molecule has 3 heterocycles. The molecule has 0 radical (unpaired) electrons. The van der Waals surface area contributed by atoms with Crippen LogP contribution in [0.3, 0.4) is 0 Å². The van der Waals surface area contributed by atoms with Crippen molar-refractivity contribution in [2.24, 2.45) is 11.8 Å². The minimum absolute atomic E-state index is 0.195. The van der Waals surface area contributed by atoms with Gasteiger partial charge in [0.15, 0.2) is 0 Å². The van der Waals surface area contributed by atoms with Gasteiger partial charge in [-0.25, -0.2) is 4.68 Å². The fraction of sp³-hybridized carbons (Fsp3) is 0.360. The van der Waals surface area contributed by atoms with Crippen molar-refractivity contribution >= 4 is 5.91 Å². The van der Waals surface area contributed by atoms with Crippen LogP contribution in [0.2, 0.25) is 0 Å². The van der Waals surface area contributed by atoms with Gasteiger partial charge in [0.2, 0.25) is 5.91 Å². The first-order valence-electron chi connectivity index (χ1n) is 10.9. The molecule has 0 N–H and O–H groups in total. The molecule has 5 heteroatoms. The maximum atomic E-state index is 12.6. The number of hydrogen-bond acceptors (Lipinski definition) is 3. The zero-order valence-electron chi connectivity index (χ0n) is 17.4. The van der Waals surface area contributed by atoms with E-state index in [1.165, 1.54) is 11.1 Å². The van der Waals surface area contributed by atoms with Crippen LogP contribution in [0, 0.1) is 11.8 Å². The van der Waals surface area contributed by atoms with E-state index in [1.54, 1.807) is 0 Å². The van der Waals surface area contributed by atoms with Crippen LogP contribution in [0.15, 0.2) is 73.1 Å². The van der Waals surface area contributed by atoms with E-state index >= 15 is 0 Å². The van der Waals surface area contributed by atoms with Crippen LogP contribution in [0.1, 0.15) is 30.5 Å². The number of aromatic nitrogens is 2. The van der Waals surface area contributed by atoms with Gasteiger partial charge in [-0.2, -0.15) is 5.10 Å². The lowest BCUT2D eigenvalue weighted by atomic mass is 9.89. The Hall–Kier alpha value is -2.92. The molecule has 154 valence electrons. The van der Waals surface area contributed by atoms with Gasteiger partial charge < -0.3 is 4.90 Å². The Balaban J connectivity index is 1.32. The van der Waals surface area contributed by atoms with E-state index in [2.05, 4.69) is 57.5 Å². The van der Waals surface area contributed by atoms with Crippen LogP contribution in [0.25, 0.3) is 5.69 Å². The Kier molecular flexibility index (Phi) is 5.13. The summed E-state index contributed by atoms with van der Waals surface area (Å²) in [5, 5.41) is 4.55. The van der Waals surface area contributed by atoms with Crippen LogP contribution in [-0.4, -0.2) is 45.1 Å². The van der Waals surface area contributed by atoms with E-state index in [9.17, 15) is 4.79 Å². The number of rotatable bonds is 5. The molecule has 5 rings (SSSR count). The lowest BCUT2D eigenvalue weighted by Gasteiger charge is -2.29. The molecule has 0 saturated carbocycles. The Labute approximate surface area is 177 Å². The van der Waals surface area contributed by atoms with E-state index in [0.29, 0.717) is 18.3 Å². The van der Waals surface area contributed by atoms with Crippen molar-refractivity contribution in [1.29, 1.82) is 0 Å². The first-order chi connectivity index (χ1) is 14.7. The van der Waals surface area contributed by atoms with Crippen LogP contribution in [0.5, 0.6) is 0 Å². The number of likely N-dealkylation sites (tertiary alicyclic amines) is 2. The molecule has 2 aliphatic heterocycles. The van der Waals surface area contributed by atoms with Gasteiger partial charge in [0.25, 0.3) is 0 Å². The van der Waals surface area contributed by atoms with E-state index in [1.807, 2.05) is 42.1 Å². The summed E-state index contributed by atoms with van der Waals surface area (Å²) in [4.78, 5) is 17.3. The number of para-hydroxylation sites is 1. The molecule has 30 heavy (non-hydrogen) atoms. The molecule has 1 aromatic heterocycles. The van der Waals surface area contributed by atoms with Crippen molar-refractivity contribution in [3.8, 4) is 5.69 Å². The van der Waals surface area contributed by atoms with Gasteiger partial charge in [0.1, 0.15) is 0 Å². The van der Waals surface area contributed by atoms with Gasteiger partial charge in [-0.15, -0.1) is 0 Å². The van der Waals surface area contributed by atoms with Gasteiger partial charge in [-0.1, -0.05) is 55.5 Å². The molecule has 2 fully saturated rings. The average Bonchev–Trinajstić information content (AvgIpc) is 3.49. The molecular formula is C25H28N4O. The molecule has 2 aromatic carbocycles. The first-order valence-corrected chi connectivity index (χ1v) is 10.9. The molecular weight excluding hydrogens is 372 g/mol. The topological polar surface area (TPSA) is 41.4 Å². The fourth-order valence-electron chi connectivity index (χ4n) is 5.23. The van der Waals surface area contributed by atoms with Crippen molar-refractivity contribution in [2.45, 2.75) is 25.9 Å². The van der Waals surface area contributed by atoms with Crippen LogP contribution < -0.4 is 0 Å². The highest BCUT2D eigenvalue weighted by molar-refractivity contribution is 5.77. The van der Waals surface area contributed by atoms with Crippen molar-refractivity contribution in [2.75, 3.05) is 19.6 Å². The summed E-state index contributed by atoms with van der Waals surface area (Å²) < 4.78 is 1.95. The second kappa shape index (κ2) is 8.07. The van der Waals surface area contributed by atoms with Gasteiger partial charge in [-0.3, -0.25) is 9.69 Å². The molecule has 2 saturated heterocycles. The van der Waals surface area contributed by atoms with Crippen LogP contribution >= 0.6 is 0 Å². The Bertz CT molecular complexity index is 1000. The highest BCUT2D eigenvalue weighted by Gasteiger charge is 2.48. The van der Waals surface area contributed by atoms with Crippen molar-refractivity contribution in [3.63, 3.8) is 0 Å². The van der Waals surface area contributed by atoms with E-state index in [0.717, 1.165) is 31.9 Å². The van der Waals surface area contributed by atoms with E-state index in [-0.39, 0.29) is 11.9 Å². The third-order valence-corrected chi connectivity index (χ3v) is 6.57. The summed E-state index contributed by atoms with van der Waals surface area (Å²) in [6, 6.07) is 21.0. The average molecular weight is 401 g/mol. The molecule has 0 bridgehead atoms. The van der Waals surface area contributed by atoms with Crippen LogP contribution in [-0.2, 0) is 11.3 Å². The summed E-state index contributed by atoms with van der Waals surface area (Å²) in [6.07, 6.45) is 4.68. The second-order valence-electron chi connectivity index (χ2n) is 8.50. The zero-order valence-corrected chi connectivity index (χ0v) is 17.4. The SMILES string of the molecule is CCC(=O)N1C[C@@H]2CN(Cc3cnn(-c4ccccc4)c3)C[C@@H]2[C@H]1c1ccccc1. The van der Waals surface area contributed by atoms with E-state index in [4.69, 9.17) is 0 Å². The third-order valence-electron chi connectivity index (χ3n) is 6.57. The molecule has 3 atom stereocenters. The number of fused-ring (bicyclic) bond motifs is 1. The van der Waals surface area contributed by atoms with E-state index < -0.39 is 0 Å². The quantitative estimate of drug-likeness (QED) is 0.652.